The van der Waals surface area contributed by atoms with Crippen LogP contribution in [0.5, 0.6) is 5.75 Å². The number of carbonyl (C=O) groups is 1. The predicted octanol–water partition coefficient (Wildman–Crippen LogP) is 3.93. The Kier molecular flexibility index (Phi) is 6.88. The van der Waals surface area contributed by atoms with Gasteiger partial charge >= 0.3 is 0 Å². The van der Waals surface area contributed by atoms with Gasteiger partial charge in [0.15, 0.2) is 0 Å². The highest BCUT2D eigenvalue weighted by molar-refractivity contribution is 5.79. The van der Waals surface area contributed by atoms with Crippen molar-refractivity contribution in [2.45, 2.75) is 51.7 Å². The summed E-state index contributed by atoms with van der Waals surface area (Å²) in [5, 5.41) is 3.07. The number of piperidine rings is 1. The van der Waals surface area contributed by atoms with Crippen molar-refractivity contribution >= 4 is 5.91 Å². The van der Waals surface area contributed by atoms with Crippen molar-refractivity contribution in [3.63, 3.8) is 0 Å². The van der Waals surface area contributed by atoms with E-state index in [4.69, 9.17) is 4.74 Å². The molecule has 1 saturated heterocycles. The van der Waals surface area contributed by atoms with E-state index in [0.29, 0.717) is 19.0 Å². The molecule has 1 aliphatic rings. The van der Waals surface area contributed by atoms with E-state index in [0.717, 1.165) is 24.4 Å². The van der Waals surface area contributed by atoms with Crippen molar-refractivity contribution in [1.29, 1.82) is 0 Å². The number of methoxy groups -OCH3 is 1. The summed E-state index contributed by atoms with van der Waals surface area (Å²) >= 11 is 0. The molecule has 0 aromatic heterocycles. The molecule has 0 radical (unpaired) electrons. The highest BCUT2D eigenvalue weighted by atomic mass is 16.5. The number of likely N-dealkylation sites (tertiary alicyclic amines) is 1. The maximum absolute atomic E-state index is 12.4. The minimum absolute atomic E-state index is 0.0145. The van der Waals surface area contributed by atoms with Crippen LogP contribution in [0.2, 0.25) is 0 Å². The standard InChI is InChI=1S/C23H30N2O2/c1-18-9-7-8-14-25(18)17-21-12-4-3-11-20(21)16-24-23(26)15-19-10-5-6-13-22(19)27-2/h3-6,10-13,18H,7-9,14-17H2,1-2H3,(H,24,26)/t18-/m0/s1. The molecule has 1 heterocycles. The SMILES string of the molecule is COc1ccccc1CC(=O)NCc1ccccc1CN1CCCC[C@@H]1C. The van der Waals surface area contributed by atoms with Crippen LogP contribution in [0, 0.1) is 0 Å². The maximum atomic E-state index is 12.4. The smallest absolute Gasteiger partial charge is 0.224 e. The van der Waals surface area contributed by atoms with Gasteiger partial charge in [-0.05, 0) is 43.5 Å². The molecule has 3 rings (SSSR count). The van der Waals surface area contributed by atoms with Gasteiger partial charge in [-0.1, -0.05) is 48.9 Å². The summed E-state index contributed by atoms with van der Waals surface area (Å²) in [5.41, 5.74) is 3.42. The average molecular weight is 367 g/mol. The van der Waals surface area contributed by atoms with Crippen molar-refractivity contribution in [2.75, 3.05) is 13.7 Å². The number of nitrogens with zero attached hydrogens (tertiary/aromatic N) is 1. The number of rotatable bonds is 7. The number of para-hydroxylation sites is 1. The number of nitrogens with one attached hydrogen (secondary N) is 1. The maximum Gasteiger partial charge on any atom is 0.224 e. The lowest BCUT2D eigenvalue weighted by Crippen LogP contribution is -2.37. The van der Waals surface area contributed by atoms with Crippen molar-refractivity contribution in [2.24, 2.45) is 0 Å². The molecule has 0 saturated carbocycles. The van der Waals surface area contributed by atoms with Crippen molar-refractivity contribution in [3.8, 4) is 5.75 Å². The zero-order chi connectivity index (χ0) is 19.1. The van der Waals surface area contributed by atoms with Crippen LogP contribution in [0.15, 0.2) is 48.5 Å². The molecule has 0 aliphatic carbocycles. The van der Waals surface area contributed by atoms with Gasteiger partial charge in [0.2, 0.25) is 5.91 Å². The highest BCUT2D eigenvalue weighted by Gasteiger charge is 2.19. The van der Waals surface area contributed by atoms with Gasteiger partial charge in [-0.15, -0.1) is 0 Å². The van der Waals surface area contributed by atoms with Gasteiger partial charge in [0.25, 0.3) is 0 Å². The molecule has 1 N–H and O–H groups in total. The van der Waals surface area contributed by atoms with Crippen molar-refractivity contribution < 1.29 is 9.53 Å². The second-order valence-corrected chi connectivity index (χ2v) is 7.35. The first-order valence-corrected chi connectivity index (χ1v) is 9.87. The number of carbonyl (C=O) groups excluding carboxylic acids is 1. The summed E-state index contributed by atoms with van der Waals surface area (Å²) in [6, 6.07) is 16.7. The van der Waals surface area contributed by atoms with Gasteiger partial charge in [-0.25, -0.2) is 0 Å². The Morgan fingerprint density at radius 1 is 1.07 bits per heavy atom. The minimum Gasteiger partial charge on any atom is -0.496 e. The normalized spacial score (nSPS) is 17.5. The quantitative estimate of drug-likeness (QED) is 0.807. The lowest BCUT2D eigenvalue weighted by molar-refractivity contribution is -0.120. The first kappa shape index (κ1) is 19.4. The molecule has 0 unspecified atom stereocenters. The largest absolute Gasteiger partial charge is 0.496 e. The summed E-state index contributed by atoms with van der Waals surface area (Å²) in [4.78, 5) is 15.0. The van der Waals surface area contributed by atoms with Crippen LogP contribution in [0.4, 0.5) is 0 Å². The zero-order valence-electron chi connectivity index (χ0n) is 16.4. The van der Waals surface area contributed by atoms with Crippen LogP contribution in [-0.2, 0) is 24.3 Å². The molecule has 1 fully saturated rings. The van der Waals surface area contributed by atoms with E-state index in [2.05, 4.69) is 35.3 Å². The molecule has 144 valence electrons. The monoisotopic (exact) mass is 366 g/mol. The Morgan fingerprint density at radius 3 is 2.52 bits per heavy atom. The Hall–Kier alpha value is -2.33. The lowest BCUT2D eigenvalue weighted by Gasteiger charge is -2.33. The van der Waals surface area contributed by atoms with Crippen LogP contribution < -0.4 is 10.1 Å². The number of amides is 1. The summed E-state index contributed by atoms with van der Waals surface area (Å²) in [7, 11) is 1.63. The second kappa shape index (κ2) is 9.56. The number of ether oxygens (including phenoxy) is 1. The van der Waals surface area contributed by atoms with Gasteiger partial charge in [0, 0.05) is 24.7 Å². The van der Waals surface area contributed by atoms with E-state index in [1.807, 2.05) is 30.3 Å². The third kappa shape index (κ3) is 5.33. The Bertz CT molecular complexity index is 760. The molecule has 0 spiro atoms. The molecule has 0 bridgehead atoms. The molecular weight excluding hydrogens is 336 g/mol. The zero-order valence-corrected chi connectivity index (χ0v) is 16.4. The fourth-order valence-corrected chi connectivity index (χ4v) is 3.77. The fraction of sp³-hybridized carbons (Fsp3) is 0.435. The van der Waals surface area contributed by atoms with Crippen LogP contribution in [0.1, 0.15) is 42.9 Å². The lowest BCUT2D eigenvalue weighted by atomic mass is 10.0. The van der Waals surface area contributed by atoms with Gasteiger partial charge in [-0.2, -0.15) is 0 Å². The van der Waals surface area contributed by atoms with Crippen LogP contribution in [0.25, 0.3) is 0 Å². The third-order valence-electron chi connectivity index (χ3n) is 5.45. The van der Waals surface area contributed by atoms with E-state index in [-0.39, 0.29) is 5.91 Å². The van der Waals surface area contributed by atoms with Crippen molar-refractivity contribution in [1.82, 2.24) is 10.2 Å². The fourth-order valence-electron chi connectivity index (χ4n) is 3.77. The van der Waals surface area contributed by atoms with Gasteiger partial charge in [0.1, 0.15) is 5.75 Å². The molecular formula is C23H30N2O2. The van der Waals surface area contributed by atoms with E-state index in [9.17, 15) is 4.79 Å². The van der Waals surface area contributed by atoms with Crippen LogP contribution in [-0.4, -0.2) is 30.5 Å². The minimum atomic E-state index is 0.0145. The topological polar surface area (TPSA) is 41.6 Å². The van der Waals surface area contributed by atoms with Crippen LogP contribution >= 0.6 is 0 Å². The molecule has 4 nitrogen and oxygen atoms in total. The molecule has 1 aliphatic heterocycles. The molecule has 27 heavy (non-hydrogen) atoms. The first-order chi connectivity index (χ1) is 13.2. The van der Waals surface area contributed by atoms with Gasteiger partial charge in [0.05, 0.1) is 13.5 Å². The molecule has 2 aromatic carbocycles. The van der Waals surface area contributed by atoms with Gasteiger partial charge < -0.3 is 10.1 Å². The van der Waals surface area contributed by atoms with E-state index >= 15 is 0 Å². The second-order valence-electron chi connectivity index (χ2n) is 7.35. The Morgan fingerprint density at radius 2 is 1.78 bits per heavy atom. The first-order valence-electron chi connectivity index (χ1n) is 9.87. The van der Waals surface area contributed by atoms with Crippen LogP contribution in [0.3, 0.4) is 0 Å². The summed E-state index contributed by atoms with van der Waals surface area (Å²) in [6.45, 7) is 5.00. The molecule has 1 amide bonds. The molecule has 4 heteroatoms. The molecule has 1 atom stereocenters. The number of hydrogen-bond donors (Lipinski definition) is 1. The van der Waals surface area contributed by atoms with Crippen molar-refractivity contribution in [3.05, 3.63) is 65.2 Å². The van der Waals surface area contributed by atoms with E-state index in [1.54, 1.807) is 7.11 Å². The molecule has 2 aromatic rings. The van der Waals surface area contributed by atoms with Gasteiger partial charge in [-0.3, -0.25) is 9.69 Å². The third-order valence-corrected chi connectivity index (χ3v) is 5.45. The highest BCUT2D eigenvalue weighted by Crippen LogP contribution is 2.21. The Labute approximate surface area is 162 Å². The summed E-state index contributed by atoms with van der Waals surface area (Å²) < 4.78 is 5.34. The average Bonchev–Trinajstić information content (AvgIpc) is 2.69. The summed E-state index contributed by atoms with van der Waals surface area (Å²) in [6.07, 6.45) is 4.22. The van der Waals surface area contributed by atoms with E-state index in [1.165, 1.54) is 30.4 Å². The van der Waals surface area contributed by atoms with E-state index < -0.39 is 0 Å². The predicted molar refractivity (Wildman–Crippen MR) is 109 cm³/mol. The number of hydrogen-bond acceptors (Lipinski definition) is 3. The Balaban J connectivity index is 1.60. The number of benzene rings is 2. The summed E-state index contributed by atoms with van der Waals surface area (Å²) in [5.74, 6) is 0.771.